The lowest BCUT2D eigenvalue weighted by molar-refractivity contribution is -0.122. The van der Waals surface area contributed by atoms with Gasteiger partial charge in [0.25, 0.3) is 5.91 Å². The first kappa shape index (κ1) is 21.3. The predicted molar refractivity (Wildman–Crippen MR) is 115 cm³/mol. The van der Waals surface area contributed by atoms with Crippen LogP contribution in [0.2, 0.25) is 0 Å². The number of amides is 2. The van der Waals surface area contributed by atoms with Crippen molar-refractivity contribution in [2.75, 3.05) is 0 Å². The molecule has 2 amide bonds. The van der Waals surface area contributed by atoms with Crippen LogP contribution in [0.5, 0.6) is 0 Å². The smallest absolute Gasteiger partial charge is 0.273 e. The average molecular weight is 399 g/mol. The number of benzene rings is 1. The Bertz CT molecular complexity index is 896. The van der Waals surface area contributed by atoms with E-state index in [9.17, 15) is 9.59 Å². The van der Waals surface area contributed by atoms with Gasteiger partial charge < -0.3 is 11.1 Å². The molecule has 0 aliphatic heterocycles. The molecule has 1 aliphatic carbocycles. The highest BCUT2D eigenvalue weighted by Crippen LogP contribution is 2.35. The number of para-hydroxylation sites is 1. The Morgan fingerprint density at radius 2 is 1.93 bits per heavy atom. The van der Waals surface area contributed by atoms with Crippen LogP contribution in [0.25, 0.3) is 10.9 Å². The molecule has 4 atom stereocenters. The maximum Gasteiger partial charge on any atom is 0.273 e. The fourth-order valence-electron chi connectivity index (χ4n) is 4.47. The van der Waals surface area contributed by atoms with Gasteiger partial charge in [-0.1, -0.05) is 65.7 Å². The molecule has 0 radical (unpaired) electrons. The van der Waals surface area contributed by atoms with Crippen molar-refractivity contribution >= 4 is 22.7 Å². The minimum atomic E-state index is -0.766. The molecule has 1 fully saturated rings. The molecule has 1 aliphatic rings. The minimum Gasteiger partial charge on any atom is -0.368 e. The number of nitrogens with one attached hydrogen (secondary N) is 1. The Labute approximate surface area is 173 Å². The third-order valence-electron chi connectivity index (χ3n) is 6.33. The van der Waals surface area contributed by atoms with Gasteiger partial charge in [0.1, 0.15) is 6.04 Å². The van der Waals surface area contributed by atoms with E-state index in [1.807, 2.05) is 49.7 Å². The average Bonchev–Trinajstić information content (AvgIpc) is 3.00. The molecule has 0 spiro atoms. The molecule has 29 heavy (non-hydrogen) atoms. The first-order valence-corrected chi connectivity index (χ1v) is 10.6. The Morgan fingerprint density at radius 1 is 1.24 bits per heavy atom. The van der Waals surface area contributed by atoms with Crippen molar-refractivity contribution in [2.45, 2.75) is 66.5 Å². The Morgan fingerprint density at radius 3 is 2.59 bits per heavy atom. The van der Waals surface area contributed by atoms with Gasteiger partial charge in [-0.15, -0.1) is 0 Å². The highest BCUT2D eigenvalue weighted by molar-refractivity contribution is 6.06. The van der Waals surface area contributed by atoms with Crippen LogP contribution in [-0.4, -0.2) is 27.6 Å². The third-order valence-corrected chi connectivity index (χ3v) is 6.33. The van der Waals surface area contributed by atoms with Crippen LogP contribution in [0.4, 0.5) is 0 Å². The summed E-state index contributed by atoms with van der Waals surface area (Å²) in [6.45, 7) is 11.1. The van der Waals surface area contributed by atoms with Crippen molar-refractivity contribution in [1.29, 1.82) is 0 Å². The van der Waals surface area contributed by atoms with Gasteiger partial charge in [0.05, 0.1) is 5.52 Å². The lowest BCUT2D eigenvalue weighted by Crippen LogP contribution is -2.52. The summed E-state index contributed by atoms with van der Waals surface area (Å²) in [5, 5.41) is 8.30. The molecule has 1 saturated carbocycles. The quantitative estimate of drug-likeness (QED) is 0.804. The Kier molecular flexibility index (Phi) is 6.01. The molecule has 2 aromatic rings. The van der Waals surface area contributed by atoms with Crippen molar-refractivity contribution in [3.05, 3.63) is 30.0 Å². The van der Waals surface area contributed by atoms with Gasteiger partial charge in [-0.25, -0.2) is 0 Å². The molecule has 3 rings (SSSR count). The van der Waals surface area contributed by atoms with E-state index < -0.39 is 17.4 Å². The van der Waals surface area contributed by atoms with Crippen LogP contribution in [0.1, 0.15) is 64.4 Å². The summed E-state index contributed by atoms with van der Waals surface area (Å²) in [5.74, 6) is 1.02. The van der Waals surface area contributed by atoms with E-state index in [0.717, 1.165) is 23.4 Å². The molecule has 6 nitrogen and oxygen atoms in total. The van der Waals surface area contributed by atoms with E-state index in [4.69, 9.17) is 5.73 Å². The number of aromatic nitrogens is 2. The van der Waals surface area contributed by atoms with E-state index in [1.165, 1.54) is 19.3 Å². The maximum atomic E-state index is 13.0. The number of nitrogens with zero attached hydrogens (tertiary/aromatic N) is 2. The molecule has 4 unspecified atom stereocenters. The zero-order chi connectivity index (χ0) is 21.3. The van der Waals surface area contributed by atoms with E-state index in [0.29, 0.717) is 17.5 Å². The number of nitrogens with two attached hydrogens (primary N) is 1. The summed E-state index contributed by atoms with van der Waals surface area (Å²) in [5.41, 5.74) is 6.37. The second-order valence-electron chi connectivity index (χ2n) is 9.88. The van der Waals surface area contributed by atoms with Gasteiger partial charge in [-0.05, 0) is 35.7 Å². The number of hydrogen-bond acceptors (Lipinski definition) is 3. The van der Waals surface area contributed by atoms with Gasteiger partial charge in [0.2, 0.25) is 5.91 Å². The first-order valence-electron chi connectivity index (χ1n) is 10.6. The Hall–Kier alpha value is -2.37. The van der Waals surface area contributed by atoms with Crippen LogP contribution in [0.15, 0.2) is 24.3 Å². The zero-order valence-corrected chi connectivity index (χ0v) is 18.2. The van der Waals surface area contributed by atoms with Gasteiger partial charge in [0, 0.05) is 11.9 Å². The highest BCUT2D eigenvalue weighted by atomic mass is 16.2. The second kappa shape index (κ2) is 8.17. The highest BCUT2D eigenvalue weighted by Gasteiger charge is 2.33. The lowest BCUT2D eigenvalue weighted by atomic mass is 9.75. The van der Waals surface area contributed by atoms with Crippen LogP contribution in [0, 0.1) is 23.2 Å². The number of carbonyl (C=O) groups excluding carboxylic acids is 2. The molecule has 1 aromatic heterocycles. The number of rotatable bonds is 5. The zero-order valence-electron chi connectivity index (χ0n) is 18.2. The Balaban J connectivity index is 1.91. The van der Waals surface area contributed by atoms with E-state index >= 15 is 0 Å². The molecule has 0 saturated heterocycles. The topological polar surface area (TPSA) is 90.0 Å². The number of hydrogen-bond donors (Lipinski definition) is 2. The number of carbonyl (C=O) groups is 2. The van der Waals surface area contributed by atoms with E-state index in [-0.39, 0.29) is 5.91 Å². The SMILES string of the molecule is CC1CCC(C)C(Cn2nc(C(=O)NC(C(N)=O)C(C)(C)C)c3ccccc32)C1. The van der Waals surface area contributed by atoms with Gasteiger partial charge in [0.15, 0.2) is 5.69 Å². The molecule has 158 valence electrons. The summed E-state index contributed by atoms with van der Waals surface area (Å²) in [7, 11) is 0. The van der Waals surface area contributed by atoms with Crippen molar-refractivity contribution in [3.8, 4) is 0 Å². The van der Waals surface area contributed by atoms with Crippen molar-refractivity contribution in [2.24, 2.45) is 28.9 Å². The summed E-state index contributed by atoms with van der Waals surface area (Å²) in [6, 6.07) is 7.03. The normalized spacial score (nSPS) is 23.7. The van der Waals surface area contributed by atoms with Gasteiger partial charge in [-0.2, -0.15) is 5.10 Å². The molecule has 1 aromatic carbocycles. The predicted octanol–water partition coefficient (Wildman–Crippen LogP) is 3.74. The lowest BCUT2D eigenvalue weighted by Gasteiger charge is -2.32. The summed E-state index contributed by atoms with van der Waals surface area (Å²) >= 11 is 0. The van der Waals surface area contributed by atoms with Crippen molar-refractivity contribution < 1.29 is 9.59 Å². The van der Waals surface area contributed by atoms with Crippen LogP contribution >= 0.6 is 0 Å². The minimum absolute atomic E-state index is 0.354. The molecular weight excluding hydrogens is 364 g/mol. The molecule has 1 heterocycles. The van der Waals surface area contributed by atoms with Crippen molar-refractivity contribution in [1.82, 2.24) is 15.1 Å². The first-order chi connectivity index (χ1) is 13.6. The molecule has 3 N–H and O–H groups in total. The largest absolute Gasteiger partial charge is 0.368 e. The fraction of sp³-hybridized carbons (Fsp3) is 0.609. The maximum absolute atomic E-state index is 13.0. The third kappa shape index (κ3) is 4.62. The van der Waals surface area contributed by atoms with Crippen molar-refractivity contribution in [3.63, 3.8) is 0 Å². The summed E-state index contributed by atoms with van der Waals surface area (Å²) in [6.07, 6.45) is 3.71. The number of primary amides is 1. The summed E-state index contributed by atoms with van der Waals surface area (Å²) in [4.78, 5) is 24.9. The standard InChI is InChI=1S/C23H34N4O2/c1-14-10-11-15(2)16(12-14)13-27-18-9-7-6-8-17(18)19(26-27)22(29)25-20(21(24)28)23(3,4)5/h6-9,14-16,20H,10-13H2,1-5H3,(H2,24,28)(H,25,29). The van der Waals surface area contributed by atoms with E-state index in [2.05, 4.69) is 24.3 Å². The second-order valence-corrected chi connectivity index (χ2v) is 9.88. The molecule has 6 heteroatoms. The van der Waals surface area contributed by atoms with Crippen LogP contribution in [0.3, 0.4) is 0 Å². The summed E-state index contributed by atoms with van der Waals surface area (Å²) < 4.78 is 1.97. The van der Waals surface area contributed by atoms with Crippen LogP contribution < -0.4 is 11.1 Å². The monoisotopic (exact) mass is 398 g/mol. The molecular formula is C23H34N4O2. The van der Waals surface area contributed by atoms with Gasteiger partial charge in [-0.3, -0.25) is 14.3 Å². The van der Waals surface area contributed by atoms with E-state index in [1.54, 1.807) is 0 Å². The molecule has 0 bridgehead atoms. The van der Waals surface area contributed by atoms with Gasteiger partial charge >= 0.3 is 0 Å². The fourth-order valence-corrected chi connectivity index (χ4v) is 4.47. The number of fused-ring (bicyclic) bond motifs is 1. The van der Waals surface area contributed by atoms with Crippen LogP contribution in [-0.2, 0) is 11.3 Å².